The van der Waals surface area contributed by atoms with Crippen LogP contribution in [0.3, 0.4) is 0 Å². The summed E-state index contributed by atoms with van der Waals surface area (Å²) in [6.07, 6.45) is 10.5. The minimum absolute atomic E-state index is 0.0865. The average Bonchev–Trinajstić information content (AvgIpc) is 3.82. The Bertz CT molecular complexity index is 2070. The first-order chi connectivity index (χ1) is 25.2. The molecule has 4 aromatic carbocycles. The molecule has 4 aromatic rings. The number of fused-ring (bicyclic) bond motifs is 3. The van der Waals surface area contributed by atoms with Crippen molar-refractivity contribution in [3.05, 3.63) is 135 Å². The van der Waals surface area contributed by atoms with Crippen molar-refractivity contribution in [3.63, 3.8) is 0 Å². The van der Waals surface area contributed by atoms with Crippen molar-refractivity contribution in [1.82, 2.24) is 0 Å². The first-order valence-corrected chi connectivity index (χ1v) is 26.1. The first kappa shape index (κ1) is 39.2. The molecule has 0 heterocycles. The molecule has 0 N–H and O–H groups in total. The van der Waals surface area contributed by atoms with Crippen molar-refractivity contribution in [3.8, 4) is 11.1 Å². The summed E-state index contributed by atoms with van der Waals surface area (Å²) in [5.41, 5.74) is 13.9. The van der Waals surface area contributed by atoms with E-state index in [0.29, 0.717) is 0 Å². The third kappa shape index (κ3) is 7.00. The van der Waals surface area contributed by atoms with Gasteiger partial charge >= 0.3 is 0 Å². The Morgan fingerprint density at radius 1 is 0.585 bits per heavy atom. The largest absolute Gasteiger partial charge is 0.0859 e. The van der Waals surface area contributed by atoms with Gasteiger partial charge in [0.15, 0.2) is 0 Å². The molecule has 2 heteroatoms. The molecule has 0 amide bonds. The van der Waals surface area contributed by atoms with Crippen LogP contribution < -0.4 is 20.8 Å². The maximum atomic E-state index is 2.59. The summed E-state index contributed by atoms with van der Waals surface area (Å²) < 4.78 is 0. The molecule has 2 aliphatic carbocycles. The van der Waals surface area contributed by atoms with Crippen molar-refractivity contribution < 1.29 is 0 Å². The number of hydrogen-bond donors (Lipinski definition) is 0. The Morgan fingerprint density at radius 3 is 1.51 bits per heavy atom. The maximum absolute atomic E-state index is 2.59. The molecular formula is C51H66Si2. The van der Waals surface area contributed by atoms with Crippen molar-refractivity contribution >= 4 is 43.7 Å². The molecule has 0 nitrogen and oxygen atoms in total. The number of rotatable bonds is 11. The predicted octanol–water partition coefficient (Wildman–Crippen LogP) is 12.1. The fourth-order valence-corrected chi connectivity index (χ4v) is 16.9. The minimum atomic E-state index is -1.51. The SMILES string of the molecule is CC[Si](CC)(CC)c1ccc(C(c2ccc([Si](CC)(CC)CC)cc2)=c2cc3c(c(C4=CC=CC4)c2C(C)(C)C)=Cc2cc(C(C)(C)C)ccc2-3)cc1. The van der Waals surface area contributed by atoms with Gasteiger partial charge in [-0.3, -0.25) is 0 Å². The quantitative estimate of drug-likeness (QED) is 0.119. The Labute approximate surface area is 324 Å². The van der Waals surface area contributed by atoms with Gasteiger partial charge in [-0.1, -0.05) is 215 Å². The zero-order valence-electron chi connectivity index (χ0n) is 35.2. The van der Waals surface area contributed by atoms with Gasteiger partial charge in [0.2, 0.25) is 0 Å². The van der Waals surface area contributed by atoms with Crippen molar-refractivity contribution in [2.75, 3.05) is 0 Å². The van der Waals surface area contributed by atoms with Crippen LogP contribution in [0, 0.1) is 0 Å². The summed E-state index contributed by atoms with van der Waals surface area (Å²) in [6.45, 7) is 28.8. The molecule has 0 bridgehead atoms. The molecule has 0 unspecified atom stereocenters. The maximum Gasteiger partial charge on any atom is 0.0859 e. The van der Waals surface area contributed by atoms with E-state index >= 15 is 0 Å². The molecule has 0 fully saturated rings. The van der Waals surface area contributed by atoms with Gasteiger partial charge in [-0.2, -0.15) is 0 Å². The molecule has 0 saturated heterocycles. The predicted molar refractivity (Wildman–Crippen MR) is 242 cm³/mol. The number of hydrogen-bond acceptors (Lipinski definition) is 0. The summed E-state index contributed by atoms with van der Waals surface area (Å²) in [5.74, 6) is 0. The lowest BCUT2D eigenvalue weighted by Crippen LogP contribution is -2.45. The Kier molecular flexibility index (Phi) is 11.1. The lowest BCUT2D eigenvalue weighted by molar-refractivity contribution is 0.583. The average molecular weight is 735 g/mol. The van der Waals surface area contributed by atoms with Gasteiger partial charge in [0.05, 0.1) is 16.1 Å². The van der Waals surface area contributed by atoms with Crippen molar-refractivity contribution in [1.29, 1.82) is 0 Å². The number of benzene rings is 4. The summed E-state index contributed by atoms with van der Waals surface area (Å²) in [6, 6.07) is 37.6. The molecular weight excluding hydrogens is 669 g/mol. The molecule has 0 aliphatic heterocycles. The van der Waals surface area contributed by atoms with Crippen molar-refractivity contribution in [2.24, 2.45) is 0 Å². The van der Waals surface area contributed by atoms with Crippen LogP contribution in [0.25, 0.3) is 28.3 Å². The molecule has 6 rings (SSSR count). The third-order valence-electron chi connectivity index (χ3n) is 13.6. The van der Waals surface area contributed by atoms with Crippen LogP contribution in [0.15, 0.2) is 91.0 Å². The van der Waals surface area contributed by atoms with Gasteiger partial charge in [-0.25, -0.2) is 0 Å². The highest BCUT2D eigenvalue weighted by molar-refractivity contribution is 6.92. The van der Waals surface area contributed by atoms with Crippen LogP contribution in [-0.2, 0) is 10.8 Å². The Balaban J connectivity index is 1.76. The minimum Gasteiger partial charge on any atom is -0.0801 e. The normalized spacial score (nSPS) is 14.2. The monoisotopic (exact) mass is 734 g/mol. The zero-order chi connectivity index (χ0) is 38.3. The van der Waals surface area contributed by atoms with Gasteiger partial charge in [-0.05, 0) is 95.5 Å². The molecule has 2 aliphatic rings. The van der Waals surface area contributed by atoms with Crippen molar-refractivity contribution in [2.45, 2.75) is 137 Å². The smallest absolute Gasteiger partial charge is 0.0801 e. The van der Waals surface area contributed by atoms with E-state index in [2.05, 4.69) is 180 Å². The van der Waals surface area contributed by atoms with E-state index < -0.39 is 16.1 Å². The van der Waals surface area contributed by atoms with Gasteiger partial charge in [0.25, 0.3) is 0 Å². The standard InChI is InChI=1S/C51H66Si2/c1-13-52(14-2,15-3)41-28-23-37(24-29-41)47(38-25-30-42(31-26-38)53(16-4,17-5)18-6)46-35-44-43-32-27-40(50(7,8)9)33-39(43)34-45(44)48(36-21-19-20-22-36)49(46)51(10,11)12/h19-21,23-35H,13-18,22H2,1-12H3. The second-order valence-corrected chi connectivity index (χ2v) is 28.6. The lowest BCUT2D eigenvalue weighted by Gasteiger charge is -2.30. The molecule has 0 radical (unpaired) electrons. The molecule has 0 atom stereocenters. The van der Waals surface area contributed by atoms with E-state index in [1.165, 1.54) is 102 Å². The van der Waals surface area contributed by atoms with E-state index in [0.717, 1.165) is 6.42 Å². The van der Waals surface area contributed by atoms with Crippen LogP contribution in [0.5, 0.6) is 0 Å². The van der Waals surface area contributed by atoms with Gasteiger partial charge in [0.1, 0.15) is 0 Å². The van der Waals surface area contributed by atoms with E-state index in [-0.39, 0.29) is 10.8 Å². The fraction of sp³-hybridized carbons (Fsp3) is 0.412. The first-order valence-electron chi connectivity index (χ1n) is 20.9. The molecule has 53 heavy (non-hydrogen) atoms. The number of allylic oxidation sites excluding steroid dienone is 4. The second-order valence-electron chi connectivity index (χ2n) is 18.1. The summed E-state index contributed by atoms with van der Waals surface area (Å²) in [5, 5.41) is 6.00. The molecule has 0 spiro atoms. The Hall–Kier alpha value is -3.47. The highest BCUT2D eigenvalue weighted by atomic mass is 28.3. The summed E-state index contributed by atoms with van der Waals surface area (Å²) >= 11 is 0. The summed E-state index contributed by atoms with van der Waals surface area (Å²) in [4.78, 5) is 0. The second kappa shape index (κ2) is 15.0. The van der Waals surface area contributed by atoms with Gasteiger partial charge in [-0.15, -0.1) is 0 Å². The van der Waals surface area contributed by atoms with Gasteiger partial charge < -0.3 is 0 Å². The Morgan fingerprint density at radius 2 is 1.09 bits per heavy atom. The fourth-order valence-electron chi connectivity index (χ4n) is 9.75. The lowest BCUT2D eigenvalue weighted by atomic mass is 9.76. The zero-order valence-corrected chi connectivity index (χ0v) is 37.2. The third-order valence-corrected chi connectivity index (χ3v) is 24.9. The van der Waals surface area contributed by atoms with Crippen LogP contribution >= 0.6 is 0 Å². The van der Waals surface area contributed by atoms with E-state index in [1.807, 2.05) is 0 Å². The van der Waals surface area contributed by atoms with E-state index in [1.54, 1.807) is 10.4 Å². The van der Waals surface area contributed by atoms with Crippen LogP contribution in [0.4, 0.5) is 0 Å². The van der Waals surface area contributed by atoms with E-state index in [4.69, 9.17) is 0 Å². The van der Waals surface area contributed by atoms with Gasteiger partial charge in [0, 0.05) is 0 Å². The van der Waals surface area contributed by atoms with Crippen LogP contribution in [-0.4, -0.2) is 16.1 Å². The van der Waals surface area contributed by atoms with Crippen LogP contribution in [0.2, 0.25) is 36.3 Å². The highest BCUT2D eigenvalue weighted by Gasteiger charge is 2.32. The molecule has 278 valence electrons. The topological polar surface area (TPSA) is 0 Å². The van der Waals surface area contributed by atoms with Crippen LogP contribution in [0.1, 0.15) is 123 Å². The van der Waals surface area contributed by atoms with E-state index in [9.17, 15) is 0 Å². The molecule has 0 aromatic heterocycles. The highest BCUT2D eigenvalue weighted by Crippen LogP contribution is 2.38. The summed E-state index contributed by atoms with van der Waals surface area (Å²) in [7, 11) is -3.03. The molecule has 0 saturated carbocycles.